The molecule has 31 heavy (non-hydrogen) atoms. The normalized spacial score (nSPS) is 28.3. The molecule has 1 fully saturated rings. The lowest BCUT2D eigenvalue weighted by Crippen LogP contribution is -2.41. The van der Waals surface area contributed by atoms with E-state index in [2.05, 4.69) is 4.98 Å². The van der Waals surface area contributed by atoms with Gasteiger partial charge in [-0.2, -0.15) is 4.98 Å². The Morgan fingerprint density at radius 2 is 1.87 bits per heavy atom. The van der Waals surface area contributed by atoms with Gasteiger partial charge >= 0.3 is 13.3 Å². The van der Waals surface area contributed by atoms with Crippen LogP contribution in [0, 0.1) is 3.57 Å². The fourth-order valence-electron chi connectivity index (χ4n) is 3.40. The lowest BCUT2D eigenvalue weighted by atomic mass is 9.88. The molecule has 0 aromatic carbocycles. The van der Waals surface area contributed by atoms with Gasteiger partial charge in [-0.25, -0.2) is 4.79 Å². The first kappa shape index (κ1) is 26.7. The molecule has 2 rings (SSSR count). The molecule has 0 amide bonds. The van der Waals surface area contributed by atoms with Crippen LogP contribution in [0.4, 0.5) is 5.82 Å². The Balaban J connectivity index is 2.32. The highest BCUT2D eigenvalue weighted by Gasteiger charge is 2.51. The van der Waals surface area contributed by atoms with Gasteiger partial charge in [-0.15, -0.1) is 0 Å². The maximum atomic E-state index is 12.8. The number of halogens is 1. The van der Waals surface area contributed by atoms with E-state index in [1.54, 1.807) is 20.8 Å². The van der Waals surface area contributed by atoms with Gasteiger partial charge in [-0.1, -0.05) is 20.8 Å². The van der Waals surface area contributed by atoms with Crippen LogP contribution in [0.25, 0.3) is 0 Å². The number of aromatic nitrogens is 2. The minimum Gasteiger partial charge on any atom is -0.388 e. The second kappa shape index (κ2) is 9.72. The maximum absolute atomic E-state index is 12.8. The van der Waals surface area contributed by atoms with E-state index >= 15 is 0 Å². The van der Waals surface area contributed by atoms with Gasteiger partial charge in [0.1, 0.15) is 18.0 Å². The molecule has 178 valence electrons. The third kappa shape index (κ3) is 5.32. The van der Waals surface area contributed by atoms with Crippen molar-refractivity contribution in [1.82, 2.24) is 9.55 Å². The first-order valence-corrected chi connectivity index (χ1v) is 12.7. The van der Waals surface area contributed by atoms with Crippen LogP contribution in [-0.4, -0.2) is 59.0 Å². The second-order valence-corrected chi connectivity index (χ2v) is 11.3. The van der Waals surface area contributed by atoms with Crippen LogP contribution in [0.2, 0.25) is 0 Å². The Morgan fingerprint density at radius 1 is 1.29 bits per heavy atom. The topological polar surface area (TPSA) is 177 Å². The van der Waals surface area contributed by atoms with Crippen LogP contribution in [0.15, 0.2) is 11.0 Å². The Bertz CT molecular complexity index is 891. The molecule has 2 unspecified atom stereocenters. The van der Waals surface area contributed by atoms with Gasteiger partial charge in [0.05, 0.1) is 15.3 Å². The molecule has 6 atom stereocenters. The van der Waals surface area contributed by atoms with Gasteiger partial charge in [0.2, 0.25) is 0 Å². The molecule has 1 aliphatic rings. The average molecular weight is 575 g/mol. The van der Waals surface area contributed by atoms with Crippen LogP contribution < -0.4 is 11.4 Å². The zero-order valence-electron chi connectivity index (χ0n) is 17.9. The van der Waals surface area contributed by atoms with E-state index in [0.717, 1.165) is 4.57 Å². The summed E-state index contributed by atoms with van der Waals surface area (Å²) in [6.07, 6.45) is -3.18. The standard InChI is InChI=1S/C18H31IN3O8P/c1-5-17(4,26)31(27,28)30-18(6-2,7-3)8-11-12(23)13(24)15(29-11)22-9-10(19)14(20)21-16(22)25/h9,11-13,15,23-24,26H,5-8H2,1-4H3,(H,27,28)(H2,20,21,25)/t11-,12-,13-,15-,17?/m1/s1. The molecule has 0 bridgehead atoms. The summed E-state index contributed by atoms with van der Waals surface area (Å²) in [7, 11) is -4.46. The maximum Gasteiger partial charge on any atom is 0.359 e. The molecule has 0 aliphatic carbocycles. The number of rotatable bonds is 9. The monoisotopic (exact) mass is 575 g/mol. The predicted octanol–water partition coefficient (Wildman–Crippen LogP) is 1.32. The summed E-state index contributed by atoms with van der Waals surface area (Å²) < 4.78 is 25.7. The minimum absolute atomic E-state index is 0.000676. The third-order valence-corrected chi connectivity index (χ3v) is 9.00. The molecule has 1 aromatic rings. The molecule has 0 spiro atoms. The van der Waals surface area contributed by atoms with Crippen molar-refractivity contribution in [2.45, 2.75) is 88.9 Å². The molecular weight excluding hydrogens is 544 g/mol. The van der Waals surface area contributed by atoms with E-state index in [9.17, 15) is 29.6 Å². The smallest absolute Gasteiger partial charge is 0.359 e. The number of nitrogen functional groups attached to an aromatic ring is 1. The highest BCUT2D eigenvalue weighted by molar-refractivity contribution is 14.1. The van der Waals surface area contributed by atoms with Crippen molar-refractivity contribution in [1.29, 1.82) is 0 Å². The van der Waals surface area contributed by atoms with Crippen molar-refractivity contribution < 1.29 is 34.0 Å². The van der Waals surface area contributed by atoms with E-state index in [1.807, 2.05) is 22.6 Å². The van der Waals surface area contributed by atoms with Crippen LogP contribution in [0.5, 0.6) is 0 Å². The Labute approximate surface area is 194 Å². The summed E-state index contributed by atoms with van der Waals surface area (Å²) in [5.41, 5.74) is 3.66. The molecule has 0 saturated carbocycles. The van der Waals surface area contributed by atoms with Crippen molar-refractivity contribution >= 4 is 36.0 Å². The molecule has 2 heterocycles. The van der Waals surface area contributed by atoms with Crippen molar-refractivity contribution in [3.8, 4) is 0 Å². The molecule has 0 radical (unpaired) electrons. The van der Waals surface area contributed by atoms with E-state index in [-0.39, 0.29) is 31.5 Å². The van der Waals surface area contributed by atoms with Crippen molar-refractivity contribution in [2.24, 2.45) is 0 Å². The number of aliphatic hydroxyl groups excluding tert-OH is 2. The third-order valence-electron chi connectivity index (χ3n) is 6.00. The summed E-state index contributed by atoms with van der Waals surface area (Å²) in [5, 5.41) is 29.5. The van der Waals surface area contributed by atoms with E-state index in [0.29, 0.717) is 3.57 Å². The number of hydrogen-bond donors (Lipinski definition) is 5. The van der Waals surface area contributed by atoms with Crippen LogP contribution in [0.1, 0.15) is 59.6 Å². The molecule has 1 aliphatic heterocycles. The Hall–Kier alpha value is -0.600. The van der Waals surface area contributed by atoms with Crippen molar-refractivity contribution in [2.75, 3.05) is 5.73 Å². The second-order valence-electron chi connectivity index (χ2n) is 7.99. The fraction of sp³-hybridized carbons (Fsp3) is 0.778. The van der Waals surface area contributed by atoms with Gasteiger partial charge in [-0.05, 0) is 48.8 Å². The number of aliphatic hydroxyl groups is 3. The predicted molar refractivity (Wildman–Crippen MR) is 121 cm³/mol. The van der Waals surface area contributed by atoms with Crippen LogP contribution in [-0.2, 0) is 13.8 Å². The number of anilines is 1. The summed E-state index contributed by atoms with van der Waals surface area (Å²) in [4.78, 5) is 26.3. The Morgan fingerprint density at radius 3 is 2.39 bits per heavy atom. The van der Waals surface area contributed by atoms with Crippen molar-refractivity contribution in [3.63, 3.8) is 0 Å². The molecule has 13 heteroatoms. The zero-order chi connectivity index (χ0) is 23.8. The van der Waals surface area contributed by atoms with Gasteiger partial charge in [0.25, 0.3) is 0 Å². The van der Waals surface area contributed by atoms with Gasteiger partial charge in [0, 0.05) is 12.6 Å². The van der Waals surface area contributed by atoms with E-state index in [1.165, 1.54) is 13.1 Å². The molecule has 6 N–H and O–H groups in total. The zero-order valence-corrected chi connectivity index (χ0v) is 21.0. The Kier molecular flexibility index (Phi) is 8.35. The quantitative estimate of drug-likeness (QED) is 0.213. The average Bonchev–Trinajstić information content (AvgIpc) is 2.97. The number of nitrogens with two attached hydrogens (primary N) is 1. The molecule has 11 nitrogen and oxygen atoms in total. The van der Waals surface area contributed by atoms with Crippen molar-refractivity contribution in [3.05, 3.63) is 20.3 Å². The lowest BCUT2D eigenvalue weighted by molar-refractivity contribution is -0.0775. The molecule has 1 aromatic heterocycles. The summed E-state index contributed by atoms with van der Waals surface area (Å²) in [6.45, 7) is 6.29. The highest BCUT2D eigenvalue weighted by atomic mass is 127. The summed E-state index contributed by atoms with van der Waals surface area (Å²) >= 11 is 1.88. The molecular formula is C18H31IN3O8P. The highest BCUT2D eigenvalue weighted by Crippen LogP contribution is 2.59. The van der Waals surface area contributed by atoms with Crippen LogP contribution in [0.3, 0.4) is 0 Å². The first-order chi connectivity index (χ1) is 14.2. The summed E-state index contributed by atoms with van der Waals surface area (Å²) in [6, 6.07) is 0. The first-order valence-electron chi connectivity index (χ1n) is 10.1. The fourth-order valence-corrected chi connectivity index (χ4v) is 5.27. The lowest BCUT2D eigenvalue weighted by Gasteiger charge is -2.39. The number of ether oxygens (including phenoxy) is 1. The van der Waals surface area contributed by atoms with E-state index in [4.69, 9.17) is 15.0 Å². The molecule has 1 saturated heterocycles. The van der Waals surface area contributed by atoms with Gasteiger partial charge in [0.15, 0.2) is 11.6 Å². The van der Waals surface area contributed by atoms with Gasteiger partial charge in [-0.3, -0.25) is 13.7 Å². The van der Waals surface area contributed by atoms with E-state index < -0.39 is 48.8 Å². The van der Waals surface area contributed by atoms with Crippen LogP contribution >= 0.6 is 30.2 Å². The largest absolute Gasteiger partial charge is 0.388 e. The number of hydrogen-bond acceptors (Lipinski definition) is 9. The number of nitrogens with zero attached hydrogens (tertiary/aromatic N) is 2. The SMILES string of the molecule is CCC(CC)(C[C@H]1O[C@@H](n2cc(I)c(N)nc2=O)[C@H](O)[C@@H]1O)OP(=O)(O)C(C)(O)CC. The minimum atomic E-state index is -4.46. The van der Waals surface area contributed by atoms with Gasteiger partial charge < -0.3 is 30.7 Å². The summed E-state index contributed by atoms with van der Waals surface area (Å²) in [5.74, 6) is 0.0393.